The van der Waals surface area contributed by atoms with Gasteiger partial charge in [-0.15, -0.1) is 11.8 Å². The van der Waals surface area contributed by atoms with Crippen LogP contribution in [0, 0.1) is 0 Å². The van der Waals surface area contributed by atoms with Crippen molar-refractivity contribution in [2.75, 3.05) is 5.75 Å². The van der Waals surface area contributed by atoms with Crippen molar-refractivity contribution in [2.24, 2.45) is 0 Å². The standard InChI is InChI=1S/C17H27NOS/c1-14(2)18-12-15-6-8-16(9-7-15)20-13-17(19)10-4-3-5-11-17/h6-9,14,18-19H,3-5,10-13H2,1-2H3. The number of aliphatic hydroxyl groups is 1. The fourth-order valence-corrected chi connectivity index (χ4v) is 3.65. The summed E-state index contributed by atoms with van der Waals surface area (Å²) in [5.74, 6) is 0.830. The van der Waals surface area contributed by atoms with Crippen LogP contribution in [0.25, 0.3) is 0 Å². The van der Waals surface area contributed by atoms with Crippen LogP contribution in [0.5, 0.6) is 0 Å². The van der Waals surface area contributed by atoms with Crippen molar-refractivity contribution in [1.82, 2.24) is 5.32 Å². The second-order valence-electron chi connectivity index (χ2n) is 6.25. The molecule has 3 heteroatoms. The molecule has 1 saturated carbocycles. The Labute approximate surface area is 127 Å². The van der Waals surface area contributed by atoms with Gasteiger partial charge in [0.15, 0.2) is 0 Å². The average molecular weight is 293 g/mol. The summed E-state index contributed by atoms with van der Waals surface area (Å²) in [4.78, 5) is 1.26. The summed E-state index contributed by atoms with van der Waals surface area (Å²) in [6.07, 6.45) is 5.57. The van der Waals surface area contributed by atoms with Crippen LogP contribution in [0.2, 0.25) is 0 Å². The highest BCUT2D eigenvalue weighted by atomic mass is 32.2. The molecule has 0 unspecified atom stereocenters. The van der Waals surface area contributed by atoms with E-state index in [-0.39, 0.29) is 0 Å². The third-order valence-electron chi connectivity index (χ3n) is 3.93. The molecule has 1 aliphatic rings. The number of nitrogens with one attached hydrogen (secondary N) is 1. The van der Waals surface area contributed by atoms with Crippen molar-refractivity contribution in [3.05, 3.63) is 29.8 Å². The lowest BCUT2D eigenvalue weighted by molar-refractivity contribution is 0.0273. The molecule has 2 N–H and O–H groups in total. The van der Waals surface area contributed by atoms with Crippen LogP contribution in [-0.2, 0) is 6.54 Å². The molecule has 1 fully saturated rings. The summed E-state index contributed by atoms with van der Waals surface area (Å²) in [6.45, 7) is 5.25. The molecule has 1 aromatic carbocycles. The van der Waals surface area contributed by atoms with E-state index in [0.717, 1.165) is 25.1 Å². The Balaban J connectivity index is 1.81. The molecule has 0 atom stereocenters. The quantitative estimate of drug-likeness (QED) is 0.778. The van der Waals surface area contributed by atoms with E-state index in [1.54, 1.807) is 11.8 Å². The summed E-state index contributed by atoms with van der Waals surface area (Å²) >= 11 is 1.79. The highest BCUT2D eigenvalue weighted by Crippen LogP contribution is 2.33. The Morgan fingerprint density at radius 1 is 1.15 bits per heavy atom. The lowest BCUT2D eigenvalue weighted by atomic mass is 9.86. The second kappa shape index (κ2) is 7.48. The number of thioether (sulfide) groups is 1. The zero-order valence-corrected chi connectivity index (χ0v) is 13.5. The monoisotopic (exact) mass is 293 g/mol. The Hall–Kier alpha value is -0.510. The molecule has 0 spiro atoms. The van der Waals surface area contributed by atoms with E-state index in [2.05, 4.69) is 43.4 Å². The Morgan fingerprint density at radius 2 is 1.80 bits per heavy atom. The first kappa shape index (κ1) is 15.9. The van der Waals surface area contributed by atoms with Crippen LogP contribution in [0.1, 0.15) is 51.5 Å². The van der Waals surface area contributed by atoms with Crippen LogP contribution in [0.4, 0.5) is 0 Å². The first-order valence-corrected chi connectivity index (χ1v) is 8.73. The van der Waals surface area contributed by atoms with Gasteiger partial charge < -0.3 is 10.4 Å². The van der Waals surface area contributed by atoms with Gasteiger partial charge in [-0.05, 0) is 30.5 Å². The van der Waals surface area contributed by atoms with Gasteiger partial charge >= 0.3 is 0 Å². The first-order valence-electron chi connectivity index (χ1n) is 7.75. The van der Waals surface area contributed by atoms with Crippen LogP contribution >= 0.6 is 11.8 Å². The fourth-order valence-electron chi connectivity index (χ4n) is 2.60. The van der Waals surface area contributed by atoms with Gasteiger partial charge in [-0.2, -0.15) is 0 Å². The molecule has 0 heterocycles. The van der Waals surface area contributed by atoms with Crippen molar-refractivity contribution in [2.45, 2.75) is 69.0 Å². The van der Waals surface area contributed by atoms with Crippen molar-refractivity contribution < 1.29 is 5.11 Å². The Kier molecular flexibility index (Phi) is 5.94. The van der Waals surface area contributed by atoms with E-state index < -0.39 is 5.60 Å². The number of benzene rings is 1. The molecular weight excluding hydrogens is 266 g/mol. The summed E-state index contributed by atoms with van der Waals surface area (Å²) < 4.78 is 0. The molecular formula is C17H27NOS. The second-order valence-corrected chi connectivity index (χ2v) is 7.30. The summed E-state index contributed by atoms with van der Waals surface area (Å²) in [5.41, 5.74) is 0.889. The van der Waals surface area contributed by atoms with Crippen LogP contribution in [0.3, 0.4) is 0 Å². The smallest absolute Gasteiger partial charge is 0.0741 e. The molecule has 0 saturated heterocycles. The minimum Gasteiger partial charge on any atom is -0.389 e. The van der Waals surface area contributed by atoms with Gasteiger partial charge in [-0.1, -0.05) is 45.2 Å². The minimum atomic E-state index is -0.430. The van der Waals surface area contributed by atoms with Gasteiger partial charge in [-0.3, -0.25) is 0 Å². The third-order valence-corrected chi connectivity index (χ3v) is 5.22. The van der Waals surface area contributed by atoms with Crippen molar-refractivity contribution in [3.8, 4) is 0 Å². The predicted molar refractivity (Wildman–Crippen MR) is 87.2 cm³/mol. The van der Waals surface area contributed by atoms with Crippen LogP contribution in [0.15, 0.2) is 29.2 Å². The number of hydrogen-bond acceptors (Lipinski definition) is 3. The molecule has 0 radical (unpaired) electrons. The third kappa shape index (κ3) is 5.12. The van der Waals surface area contributed by atoms with Crippen LogP contribution < -0.4 is 5.32 Å². The minimum absolute atomic E-state index is 0.430. The van der Waals surface area contributed by atoms with Crippen molar-refractivity contribution in [3.63, 3.8) is 0 Å². The fraction of sp³-hybridized carbons (Fsp3) is 0.647. The Morgan fingerprint density at radius 3 is 2.40 bits per heavy atom. The zero-order valence-electron chi connectivity index (χ0n) is 12.7. The summed E-state index contributed by atoms with van der Waals surface area (Å²) in [6, 6.07) is 9.23. The maximum atomic E-state index is 10.5. The van der Waals surface area contributed by atoms with E-state index in [4.69, 9.17) is 0 Å². The lowest BCUT2D eigenvalue weighted by Gasteiger charge is -2.31. The molecule has 0 aromatic heterocycles. The normalized spacial score (nSPS) is 18.4. The lowest BCUT2D eigenvalue weighted by Crippen LogP contribution is -2.33. The summed E-state index contributed by atoms with van der Waals surface area (Å²) in [5, 5.41) is 13.9. The maximum Gasteiger partial charge on any atom is 0.0741 e. The molecule has 2 rings (SSSR count). The number of hydrogen-bond donors (Lipinski definition) is 2. The van der Waals surface area contributed by atoms with Crippen molar-refractivity contribution in [1.29, 1.82) is 0 Å². The molecule has 1 aromatic rings. The predicted octanol–water partition coefficient (Wildman–Crippen LogP) is 3.97. The first-order chi connectivity index (χ1) is 9.57. The highest BCUT2D eigenvalue weighted by Gasteiger charge is 2.28. The Bertz CT molecular complexity index is 396. The average Bonchev–Trinajstić information content (AvgIpc) is 2.45. The number of rotatable bonds is 6. The molecule has 2 nitrogen and oxygen atoms in total. The van der Waals surface area contributed by atoms with E-state index in [1.165, 1.54) is 29.7 Å². The van der Waals surface area contributed by atoms with E-state index in [9.17, 15) is 5.11 Å². The summed E-state index contributed by atoms with van der Waals surface area (Å²) in [7, 11) is 0. The van der Waals surface area contributed by atoms with Gasteiger partial charge in [0.25, 0.3) is 0 Å². The molecule has 0 bridgehead atoms. The molecule has 20 heavy (non-hydrogen) atoms. The molecule has 0 amide bonds. The van der Waals surface area contributed by atoms with Crippen LogP contribution in [-0.4, -0.2) is 22.5 Å². The van der Waals surface area contributed by atoms with Gasteiger partial charge in [0.2, 0.25) is 0 Å². The molecule has 1 aliphatic carbocycles. The van der Waals surface area contributed by atoms with Gasteiger partial charge in [-0.25, -0.2) is 0 Å². The van der Waals surface area contributed by atoms with E-state index in [0.29, 0.717) is 6.04 Å². The SMILES string of the molecule is CC(C)NCc1ccc(SCC2(O)CCCCC2)cc1. The molecule has 0 aliphatic heterocycles. The maximum absolute atomic E-state index is 10.5. The van der Waals surface area contributed by atoms with Crippen molar-refractivity contribution >= 4 is 11.8 Å². The zero-order chi connectivity index (χ0) is 14.4. The van der Waals surface area contributed by atoms with Gasteiger partial charge in [0, 0.05) is 23.2 Å². The molecule has 112 valence electrons. The highest BCUT2D eigenvalue weighted by molar-refractivity contribution is 7.99. The van der Waals surface area contributed by atoms with Gasteiger partial charge in [0.1, 0.15) is 0 Å². The topological polar surface area (TPSA) is 32.3 Å². The van der Waals surface area contributed by atoms with Gasteiger partial charge in [0.05, 0.1) is 5.60 Å². The largest absolute Gasteiger partial charge is 0.389 e. The van der Waals surface area contributed by atoms with E-state index in [1.807, 2.05) is 0 Å². The van der Waals surface area contributed by atoms with E-state index >= 15 is 0 Å².